The highest BCUT2D eigenvalue weighted by atomic mass is 127. The average molecular weight is 407 g/mol. The summed E-state index contributed by atoms with van der Waals surface area (Å²) in [5.41, 5.74) is 1.18. The first-order valence-corrected chi connectivity index (χ1v) is 6.99. The minimum atomic E-state index is 0. The van der Waals surface area contributed by atoms with Crippen molar-refractivity contribution < 1.29 is 9.47 Å². The van der Waals surface area contributed by atoms with Gasteiger partial charge in [-0.1, -0.05) is 30.3 Å². The molecule has 0 atom stereocenters. The van der Waals surface area contributed by atoms with Crippen LogP contribution in [0.4, 0.5) is 0 Å². The Bertz CT molecular complexity index is 374. The van der Waals surface area contributed by atoms with Gasteiger partial charge in [0.05, 0.1) is 26.4 Å². The van der Waals surface area contributed by atoms with Crippen molar-refractivity contribution in [3.05, 3.63) is 35.9 Å². The molecule has 5 nitrogen and oxygen atoms in total. The van der Waals surface area contributed by atoms with E-state index in [1.807, 2.05) is 25.1 Å². The van der Waals surface area contributed by atoms with Gasteiger partial charge in [-0.2, -0.15) is 0 Å². The number of aliphatic imine (C=N–C) groups is 1. The van der Waals surface area contributed by atoms with Crippen LogP contribution < -0.4 is 10.6 Å². The van der Waals surface area contributed by atoms with Crippen molar-refractivity contribution in [2.45, 2.75) is 13.5 Å². The maximum absolute atomic E-state index is 5.59. The van der Waals surface area contributed by atoms with E-state index in [-0.39, 0.29) is 24.0 Å². The van der Waals surface area contributed by atoms with Gasteiger partial charge in [0.1, 0.15) is 0 Å². The molecule has 0 aliphatic heterocycles. The fourth-order valence-electron chi connectivity index (χ4n) is 1.60. The molecule has 0 aliphatic carbocycles. The van der Waals surface area contributed by atoms with Crippen LogP contribution in [-0.2, 0) is 16.1 Å². The first-order valence-electron chi connectivity index (χ1n) is 6.99. The number of methoxy groups -OCH3 is 1. The summed E-state index contributed by atoms with van der Waals surface area (Å²) in [7, 11) is 1.68. The van der Waals surface area contributed by atoms with E-state index in [0.29, 0.717) is 26.4 Å². The summed E-state index contributed by atoms with van der Waals surface area (Å²) < 4.78 is 10.6. The highest BCUT2D eigenvalue weighted by molar-refractivity contribution is 14.0. The molecule has 6 heteroatoms. The minimum Gasteiger partial charge on any atom is -0.383 e. The summed E-state index contributed by atoms with van der Waals surface area (Å²) in [5, 5.41) is 6.37. The zero-order valence-corrected chi connectivity index (χ0v) is 15.1. The third-order valence-electron chi connectivity index (χ3n) is 2.56. The molecule has 0 radical (unpaired) electrons. The van der Waals surface area contributed by atoms with E-state index in [4.69, 9.17) is 9.47 Å². The lowest BCUT2D eigenvalue weighted by Gasteiger charge is -2.10. The van der Waals surface area contributed by atoms with Crippen LogP contribution in [0.1, 0.15) is 12.5 Å². The van der Waals surface area contributed by atoms with E-state index < -0.39 is 0 Å². The average Bonchev–Trinajstić information content (AvgIpc) is 2.48. The van der Waals surface area contributed by atoms with E-state index in [2.05, 4.69) is 27.8 Å². The molecular formula is C15H26IN3O2. The van der Waals surface area contributed by atoms with Crippen molar-refractivity contribution in [1.82, 2.24) is 10.6 Å². The Morgan fingerprint density at radius 2 is 1.90 bits per heavy atom. The van der Waals surface area contributed by atoms with Crippen molar-refractivity contribution in [3.63, 3.8) is 0 Å². The van der Waals surface area contributed by atoms with Crippen LogP contribution in [-0.4, -0.2) is 45.9 Å². The van der Waals surface area contributed by atoms with E-state index in [9.17, 15) is 0 Å². The Morgan fingerprint density at radius 1 is 1.14 bits per heavy atom. The SMILES string of the molecule is CCNC(=NCCOCc1ccccc1)NCCOC.I. The summed E-state index contributed by atoms with van der Waals surface area (Å²) in [6.07, 6.45) is 0. The number of halogens is 1. The summed E-state index contributed by atoms with van der Waals surface area (Å²) in [5.74, 6) is 0.799. The molecule has 2 N–H and O–H groups in total. The predicted molar refractivity (Wildman–Crippen MR) is 97.4 cm³/mol. The minimum absolute atomic E-state index is 0. The predicted octanol–water partition coefficient (Wildman–Crippen LogP) is 2.02. The molecule has 1 aromatic rings. The highest BCUT2D eigenvalue weighted by Crippen LogP contribution is 1.99. The van der Waals surface area contributed by atoms with Crippen molar-refractivity contribution in [2.75, 3.05) is 40.0 Å². The van der Waals surface area contributed by atoms with Gasteiger partial charge in [-0.05, 0) is 12.5 Å². The number of nitrogens with zero attached hydrogens (tertiary/aromatic N) is 1. The van der Waals surface area contributed by atoms with Crippen LogP contribution in [0.2, 0.25) is 0 Å². The van der Waals surface area contributed by atoms with Gasteiger partial charge in [0.2, 0.25) is 0 Å². The highest BCUT2D eigenvalue weighted by Gasteiger charge is 1.96. The van der Waals surface area contributed by atoms with Gasteiger partial charge in [-0.25, -0.2) is 0 Å². The standard InChI is InChI=1S/C15H25N3O2.HI/c1-3-16-15(17-9-11-19-2)18-10-12-20-13-14-7-5-4-6-8-14;/h4-8H,3,9-13H2,1-2H3,(H2,16,17,18);1H. The van der Waals surface area contributed by atoms with Gasteiger partial charge in [-0.15, -0.1) is 24.0 Å². The summed E-state index contributed by atoms with van der Waals surface area (Å²) in [6, 6.07) is 10.1. The molecule has 0 heterocycles. The topological polar surface area (TPSA) is 54.9 Å². The third kappa shape index (κ3) is 10.5. The zero-order chi connectivity index (χ0) is 14.5. The van der Waals surface area contributed by atoms with E-state index in [1.54, 1.807) is 7.11 Å². The molecule has 0 aliphatic rings. The molecule has 0 bridgehead atoms. The van der Waals surface area contributed by atoms with Crippen molar-refractivity contribution in [1.29, 1.82) is 0 Å². The Hall–Kier alpha value is -0.860. The Morgan fingerprint density at radius 3 is 2.57 bits per heavy atom. The molecule has 120 valence electrons. The molecule has 0 amide bonds. The molecule has 1 rings (SSSR count). The number of hydrogen-bond donors (Lipinski definition) is 2. The zero-order valence-electron chi connectivity index (χ0n) is 12.8. The van der Waals surface area contributed by atoms with Gasteiger partial charge < -0.3 is 20.1 Å². The van der Waals surface area contributed by atoms with Gasteiger partial charge in [0.15, 0.2) is 5.96 Å². The smallest absolute Gasteiger partial charge is 0.191 e. The van der Waals surface area contributed by atoms with Crippen LogP contribution in [0.25, 0.3) is 0 Å². The maximum Gasteiger partial charge on any atom is 0.191 e. The van der Waals surface area contributed by atoms with Crippen molar-refractivity contribution in [2.24, 2.45) is 4.99 Å². The fraction of sp³-hybridized carbons (Fsp3) is 0.533. The summed E-state index contributed by atoms with van der Waals surface area (Å²) >= 11 is 0. The van der Waals surface area contributed by atoms with E-state index in [0.717, 1.165) is 19.0 Å². The van der Waals surface area contributed by atoms with Crippen molar-refractivity contribution in [3.8, 4) is 0 Å². The largest absolute Gasteiger partial charge is 0.383 e. The van der Waals surface area contributed by atoms with Crippen LogP contribution >= 0.6 is 24.0 Å². The lowest BCUT2D eigenvalue weighted by molar-refractivity contribution is 0.128. The quantitative estimate of drug-likeness (QED) is 0.285. The molecule has 1 aromatic carbocycles. The van der Waals surface area contributed by atoms with E-state index >= 15 is 0 Å². The van der Waals surface area contributed by atoms with Crippen LogP contribution in [0, 0.1) is 0 Å². The Kier molecular flexibility index (Phi) is 13.5. The van der Waals surface area contributed by atoms with Gasteiger partial charge in [0.25, 0.3) is 0 Å². The number of benzene rings is 1. The molecule has 0 saturated heterocycles. The Labute approximate surface area is 144 Å². The first-order chi connectivity index (χ1) is 9.86. The Balaban J connectivity index is 0.00000400. The molecule has 0 aromatic heterocycles. The lowest BCUT2D eigenvalue weighted by Crippen LogP contribution is -2.39. The first kappa shape index (κ1) is 20.1. The second-order valence-electron chi connectivity index (χ2n) is 4.22. The third-order valence-corrected chi connectivity index (χ3v) is 2.56. The molecule has 21 heavy (non-hydrogen) atoms. The molecule has 0 unspecified atom stereocenters. The molecule has 0 saturated carbocycles. The van der Waals surface area contributed by atoms with Crippen LogP contribution in [0.15, 0.2) is 35.3 Å². The van der Waals surface area contributed by atoms with Crippen LogP contribution in [0.5, 0.6) is 0 Å². The molecule has 0 spiro atoms. The van der Waals surface area contributed by atoms with Crippen molar-refractivity contribution >= 4 is 29.9 Å². The molecular weight excluding hydrogens is 381 g/mol. The lowest BCUT2D eigenvalue weighted by atomic mass is 10.2. The normalized spacial score (nSPS) is 10.9. The second-order valence-corrected chi connectivity index (χ2v) is 4.22. The number of nitrogens with one attached hydrogen (secondary N) is 2. The number of hydrogen-bond acceptors (Lipinski definition) is 3. The number of ether oxygens (including phenoxy) is 2. The van der Waals surface area contributed by atoms with Gasteiger partial charge in [0, 0.05) is 20.2 Å². The fourth-order valence-corrected chi connectivity index (χ4v) is 1.60. The van der Waals surface area contributed by atoms with Crippen LogP contribution in [0.3, 0.4) is 0 Å². The summed E-state index contributed by atoms with van der Waals surface area (Å²) in [6.45, 7) is 6.15. The summed E-state index contributed by atoms with van der Waals surface area (Å²) in [4.78, 5) is 4.43. The van der Waals surface area contributed by atoms with Gasteiger partial charge >= 0.3 is 0 Å². The molecule has 0 fully saturated rings. The number of guanidine groups is 1. The maximum atomic E-state index is 5.59. The van der Waals surface area contributed by atoms with E-state index in [1.165, 1.54) is 5.56 Å². The van der Waals surface area contributed by atoms with Gasteiger partial charge in [-0.3, -0.25) is 4.99 Å². The number of rotatable bonds is 9. The monoisotopic (exact) mass is 407 g/mol. The second kappa shape index (κ2) is 14.1.